The number of hydrogen-bond donors (Lipinski definition) is 1. The summed E-state index contributed by atoms with van der Waals surface area (Å²) in [5.41, 5.74) is 0. The average Bonchev–Trinajstić information content (AvgIpc) is 2.81. The first-order valence-corrected chi connectivity index (χ1v) is 6.80. The summed E-state index contributed by atoms with van der Waals surface area (Å²) in [5.74, 6) is 1.13. The van der Waals surface area contributed by atoms with Gasteiger partial charge in [-0.3, -0.25) is 4.90 Å². The van der Waals surface area contributed by atoms with Crippen molar-refractivity contribution < 1.29 is 0 Å². The third-order valence-corrected chi connectivity index (χ3v) is 3.79. The van der Waals surface area contributed by atoms with Gasteiger partial charge in [-0.25, -0.2) is 4.98 Å². The Bertz CT molecular complexity index is 362. The maximum Gasteiger partial charge on any atom is 0.122 e. The largest absolute Gasteiger partial charge is 0.334 e. The number of hydrogen-bond acceptors (Lipinski definition) is 4. The standard InChI is InChI=1S/C13H25N5/c1-4-18-6-5-15-13(18)10-14-9-12-11-16(2)7-8-17(12)3/h5-6,12,14H,4,7-11H2,1-3H3. The van der Waals surface area contributed by atoms with Gasteiger partial charge >= 0.3 is 0 Å². The fourth-order valence-electron chi connectivity index (χ4n) is 2.47. The summed E-state index contributed by atoms with van der Waals surface area (Å²) in [6.07, 6.45) is 3.92. The van der Waals surface area contributed by atoms with Crippen LogP contribution in [-0.2, 0) is 13.1 Å². The van der Waals surface area contributed by atoms with Gasteiger partial charge in [0.25, 0.3) is 0 Å². The van der Waals surface area contributed by atoms with Crippen LogP contribution in [0.15, 0.2) is 12.4 Å². The Kier molecular flexibility index (Phi) is 4.74. The van der Waals surface area contributed by atoms with E-state index >= 15 is 0 Å². The molecule has 0 radical (unpaired) electrons. The Labute approximate surface area is 110 Å². The number of imidazole rings is 1. The van der Waals surface area contributed by atoms with Gasteiger partial charge in [0.05, 0.1) is 6.54 Å². The SMILES string of the molecule is CCn1ccnc1CNCC1CN(C)CCN1C. The Morgan fingerprint density at radius 1 is 1.39 bits per heavy atom. The van der Waals surface area contributed by atoms with E-state index in [-0.39, 0.29) is 0 Å². The van der Waals surface area contributed by atoms with Crippen LogP contribution in [0.25, 0.3) is 0 Å². The van der Waals surface area contributed by atoms with Crippen LogP contribution in [0, 0.1) is 0 Å². The van der Waals surface area contributed by atoms with Crippen LogP contribution in [0.4, 0.5) is 0 Å². The molecule has 0 aliphatic carbocycles. The van der Waals surface area contributed by atoms with Gasteiger partial charge < -0.3 is 14.8 Å². The summed E-state index contributed by atoms with van der Waals surface area (Å²) in [6, 6.07) is 0.605. The molecule has 0 spiro atoms. The van der Waals surface area contributed by atoms with Crippen LogP contribution in [-0.4, -0.2) is 65.7 Å². The molecule has 5 heteroatoms. The molecule has 1 aromatic heterocycles. The number of aryl methyl sites for hydroxylation is 1. The van der Waals surface area contributed by atoms with E-state index in [4.69, 9.17) is 0 Å². The smallest absolute Gasteiger partial charge is 0.122 e. The monoisotopic (exact) mass is 251 g/mol. The molecule has 0 amide bonds. The Morgan fingerprint density at radius 3 is 3.00 bits per heavy atom. The third-order valence-electron chi connectivity index (χ3n) is 3.79. The first kappa shape index (κ1) is 13.5. The van der Waals surface area contributed by atoms with Crippen molar-refractivity contribution >= 4 is 0 Å². The lowest BCUT2D eigenvalue weighted by Crippen LogP contribution is -2.53. The highest BCUT2D eigenvalue weighted by atomic mass is 15.3. The molecule has 102 valence electrons. The fraction of sp³-hybridized carbons (Fsp3) is 0.769. The van der Waals surface area contributed by atoms with Gasteiger partial charge in [0.15, 0.2) is 0 Å². The molecular weight excluding hydrogens is 226 g/mol. The van der Waals surface area contributed by atoms with E-state index in [2.05, 4.69) is 45.7 Å². The van der Waals surface area contributed by atoms with Gasteiger partial charge in [0.2, 0.25) is 0 Å². The number of nitrogens with one attached hydrogen (secondary N) is 1. The van der Waals surface area contributed by atoms with E-state index < -0.39 is 0 Å². The number of likely N-dealkylation sites (N-methyl/N-ethyl adjacent to an activating group) is 2. The molecule has 1 N–H and O–H groups in total. The second kappa shape index (κ2) is 6.31. The predicted octanol–water partition coefficient (Wildman–Crippen LogP) is 0.238. The van der Waals surface area contributed by atoms with Gasteiger partial charge in [0, 0.05) is 51.2 Å². The van der Waals surface area contributed by atoms with Crippen molar-refractivity contribution in [2.75, 3.05) is 40.3 Å². The molecule has 1 aromatic rings. The maximum atomic E-state index is 4.38. The molecule has 2 rings (SSSR count). The summed E-state index contributed by atoms with van der Waals surface area (Å²) >= 11 is 0. The van der Waals surface area contributed by atoms with Crippen LogP contribution in [0.5, 0.6) is 0 Å². The van der Waals surface area contributed by atoms with Crippen molar-refractivity contribution in [2.45, 2.75) is 26.1 Å². The summed E-state index contributed by atoms with van der Waals surface area (Å²) in [4.78, 5) is 9.23. The zero-order chi connectivity index (χ0) is 13.0. The molecule has 0 bridgehead atoms. The van der Waals surface area contributed by atoms with E-state index in [1.54, 1.807) is 0 Å². The van der Waals surface area contributed by atoms with Gasteiger partial charge in [-0.1, -0.05) is 0 Å². The Morgan fingerprint density at radius 2 is 2.22 bits per heavy atom. The van der Waals surface area contributed by atoms with E-state index in [1.165, 1.54) is 6.54 Å². The minimum absolute atomic E-state index is 0.605. The van der Waals surface area contributed by atoms with Crippen molar-refractivity contribution in [1.82, 2.24) is 24.7 Å². The highest BCUT2D eigenvalue weighted by Gasteiger charge is 2.21. The lowest BCUT2D eigenvalue weighted by atomic mass is 10.2. The van der Waals surface area contributed by atoms with Gasteiger partial charge in [0.1, 0.15) is 5.82 Å². The topological polar surface area (TPSA) is 36.3 Å². The molecule has 5 nitrogen and oxygen atoms in total. The maximum absolute atomic E-state index is 4.38. The molecule has 2 heterocycles. The second-order valence-corrected chi connectivity index (χ2v) is 5.16. The van der Waals surface area contributed by atoms with E-state index in [1.807, 2.05) is 12.4 Å². The minimum atomic E-state index is 0.605. The van der Waals surface area contributed by atoms with E-state index in [9.17, 15) is 0 Å². The molecule has 1 aliphatic heterocycles. The van der Waals surface area contributed by atoms with Crippen LogP contribution >= 0.6 is 0 Å². The number of piperazine rings is 1. The van der Waals surface area contributed by atoms with Gasteiger partial charge in [-0.15, -0.1) is 0 Å². The van der Waals surface area contributed by atoms with Crippen LogP contribution in [0.2, 0.25) is 0 Å². The van der Waals surface area contributed by atoms with Crippen molar-refractivity contribution in [3.63, 3.8) is 0 Å². The van der Waals surface area contributed by atoms with Crippen LogP contribution in [0.1, 0.15) is 12.7 Å². The first-order valence-electron chi connectivity index (χ1n) is 6.80. The molecular formula is C13H25N5. The number of rotatable bonds is 5. The highest BCUT2D eigenvalue weighted by molar-refractivity contribution is 4.92. The van der Waals surface area contributed by atoms with Crippen molar-refractivity contribution in [1.29, 1.82) is 0 Å². The molecule has 0 saturated carbocycles. The molecule has 1 atom stereocenters. The van der Waals surface area contributed by atoms with Crippen molar-refractivity contribution in [3.8, 4) is 0 Å². The lowest BCUT2D eigenvalue weighted by Gasteiger charge is -2.37. The third kappa shape index (κ3) is 3.31. The molecule has 1 aliphatic rings. The van der Waals surface area contributed by atoms with E-state index in [0.29, 0.717) is 6.04 Å². The van der Waals surface area contributed by atoms with Crippen LogP contribution in [0.3, 0.4) is 0 Å². The normalized spacial score (nSPS) is 22.5. The lowest BCUT2D eigenvalue weighted by molar-refractivity contribution is 0.113. The quantitative estimate of drug-likeness (QED) is 0.813. The fourth-order valence-corrected chi connectivity index (χ4v) is 2.47. The average molecular weight is 251 g/mol. The summed E-state index contributed by atoms with van der Waals surface area (Å²) in [7, 11) is 4.41. The molecule has 18 heavy (non-hydrogen) atoms. The highest BCUT2D eigenvalue weighted by Crippen LogP contribution is 2.05. The molecule has 1 fully saturated rings. The van der Waals surface area contributed by atoms with E-state index in [0.717, 1.165) is 38.5 Å². The van der Waals surface area contributed by atoms with Crippen molar-refractivity contribution in [3.05, 3.63) is 18.2 Å². The summed E-state index contributed by atoms with van der Waals surface area (Å²) < 4.78 is 2.18. The second-order valence-electron chi connectivity index (χ2n) is 5.16. The zero-order valence-corrected chi connectivity index (χ0v) is 11.8. The first-order chi connectivity index (χ1) is 8.70. The predicted molar refractivity (Wildman–Crippen MR) is 73.5 cm³/mol. The molecule has 1 saturated heterocycles. The molecule has 0 aromatic carbocycles. The Hall–Kier alpha value is -0.910. The van der Waals surface area contributed by atoms with Gasteiger partial charge in [-0.2, -0.15) is 0 Å². The summed E-state index contributed by atoms with van der Waals surface area (Å²) in [5, 5.41) is 3.53. The molecule has 1 unspecified atom stereocenters. The Balaban J connectivity index is 1.77. The van der Waals surface area contributed by atoms with Crippen LogP contribution < -0.4 is 5.32 Å². The zero-order valence-electron chi connectivity index (χ0n) is 11.8. The van der Waals surface area contributed by atoms with Crippen molar-refractivity contribution in [2.24, 2.45) is 0 Å². The van der Waals surface area contributed by atoms with Gasteiger partial charge in [-0.05, 0) is 21.0 Å². The number of aromatic nitrogens is 2. The minimum Gasteiger partial charge on any atom is -0.334 e. The number of nitrogens with zero attached hydrogens (tertiary/aromatic N) is 4. The summed E-state index contributed by atoms with van der Waals surface area (Å²) in [6.45, 7) is 8.50.